The molecule has 2 aliphatic rings. The van der Waals surface area contributed by atoms with Crippen LogP contribution >= 0.6 is 0 Å². The minimum absolute atomic E-state index is 0.463. The van der Waals surface area contributed by atoms with Crippen LogP contribution in [-0.4, -0.2) is 6.10 Å². The maximum atomic E-state index is 6.23. The smallest absolute Gasteiger partial charge is 0.103 e. The molecule has 142 valence electrons. The molecule has 0 aromatic rings. The first kappa shape index (κ1) is 20.3. The first-order chi connectivity index (χ1) is 12.4. The molecule has 0 aromatic heterocycles. The van der Waals surface area contributed by atoms with Crippen LogP contribution in [-0.2, 0) is 4.74 Å². The number of fused-ring (bicyclic) bond motifs is 1. The van der Waals surface area contributed by atoms with Crippen LogP contribution in [0.1, 0.15) is 103 Å². The Kier molecular flexibility index (Phi) is 10.8. The summed E-state index contributed by atoms with van der Waals surface area (Å²) in [6, 6.07) is 0. The number of rotatable bonds is 13. The van der Waals surface area contributed by atoms with Crippen LogP contribution < -0.4 is 0 Å². The molecular weight excluding hydrogens is 304 g/mol. The van der Waals surface area contributed by atoms with Crippen molar-refractivity contribution in [2.45, 2.75) is 109 Å². The molecule has 1 fully saturated rings. The standard InChI is InChI=1S/C24H40O/c1-2-3-4-5-6-7-8-9-10-11-12-15-18-23-21-20-22-17-14-13-16-19-24(22)25-23/h13-14,16-17,19,22-23H,2-12,15,18,20-21H2,1H3. The summed E-state index contributed by atoms with van der Waals surface area (Å²) in [6.45, 7) is 2.29. The van der Waals surface area contributed by atoms with Crippen molar-refractivity contribution < 1.29 is 4.74 Å². The Bertz CT molecular complexity index is 418. The average molecular weight is 345 g/mol. The van der Waals surface area contributed by atoms with Crippen molar-refractivity contribution in [1.29, 1.82) is 0 Å². The number of ether oxygens (including phenoxy) is 1. The van der Waals surface area contributed by atoms with E-state index in [0.29, 0.717) is 12.0 Å². The Morgan fingerprint density at radius 2 is 1.40 bits per heavy atom. The summed E-state index contributed by atoms with van der Waals surface area (Å²) < 4.78 is 6.23. The highest BCUT2D eigenvalue weighted by molar-refractivity contribution is 5.24. The summed E-state index contributed by atoms with van der Waals surface area (Å²) in [5, 5.41) is 0. The Hall–Kier alpha value is -0.980. The van der Waals surface area contributed by atoms with Crippen LogP contribution in [0, 0.1) is 5.92 Å². The van der Waals surface area contributed by atoms with Gasteiger partial charge < -0.3 is 4.74 Å². The zero-order chi connectivity index (χ0) is 17.6. The Morgan fingerprint density at radius 1 is 0.760 bits per heavy atom. The summed E-state index contributed by atoms with van der Waals surface area (Å²) in [4.78, 5) is 0. The van der Waals surface area contributed by atoms with Crippen LogP contribution in [0.15, 0.2) is 36.1 Å². The first-order valence-electron chi connectivity index (χ1n) is 11.1. The minimum atomic E-state index is 0.463. The fourth-order valence-corrected chi connectivity index (χ4v) is 4.03. The highest BCUT2D eigenvalue weighted by Crippen LogP contribution is 2.32. The van der Waals surface area contributed by atoms with Gasteiger partial charge in [0.1, 0.15) is 5.76 Å². The minimum Gasteiger partial charge on any atom is -0.494 e. The molecule has 1 heterocycles. The topological polar surface area (TPSA) is 9.23 Å². The molecule has 1 saturated heterocycles. The molecule has 2 atom stereocenters. The van der Waals surface area contributed by atoms with Gasteiger partial charge in [-0.25, -0.2) is 0 Å². The van der Waals surface area contributed by atoms with Gasteiger partial charge in [0, 0.05) is 5.92 Å². The average Bonchev–Trinajstić information content (AvgIpc) is 2.87. The summed E-state index contributed by atoms with van der Waals surface area (Å²) in [7, 11) is 0. The van der Waals surface area contributed by atoms with E-state index in [-0.39, 0.29) is 0 Å². The van der Waals surface area contributed by atoms with E-state index in [0.717, 1.165) is 0 Å². The Labute approximate surface area is 156 Å². The van der Waals surface area contributed by atoms with Crippen molar-refractivity contribution in [1.82, 2.24) is 0 Å². The highest BCUT2D eigenvalue weighted by atomic mass is 16.5. The summed E-state index contributed by atoms with van der Waals surface area (Å²) in [6.07, 6.45) is 32.1. The molecule has 0 bridgehead atoms. The molecule has 1 aliphatic carbocycles. The van der Waals surface area contributed by atoms with E-state index >= 15 is 0 Å². The molecule has 0 aromatic carbocycles. The van der Waals surface area contributed by atoms with Crippen LogP contribution in [0.25, 0.3) is 0 Å². The van der Waals surface area contributed by atoms with Crippen LogP contribution in [0.3, 0.4) is 0 Å². The van der Waals surface area contributed by atoms with Crippen LogP contribution in [0.4, 0.5) is 0 Å². The second kappa shape index (κ2) is 13.3. The number of allylic oxidation sites excluding steroid dienone is 5. The lowest BCUT2D eigenvalue weighted by molar-refractivity contribution is 0.0489. The SMILES string of the molecule is CCCCCCCCCCCCCCC1CCC2C=CC=CC=C2O1. The van der Waals surface area contributed by atoms with Crippen molar-refractivity contribution in [3.05, 3.63) is 36.1 Å². The van der Waals surface area contributed by atoms with Gasteiger partial charge in [-0.3, -0.25) is 0 Å². The number of hydrogen-bond donors (Lipinski definition) is 0. The Balaban J connectivity index is 1.40. The van der Waals surface area contributed by atoms with E-state index in [1.807, 2.05) is 0 Å². The van der Waals surface area contributed by atoms with Gasteiger partial charge in [-0.05, 0) is 31.8 Å². The normalized spacial score (nSPS) is 22.2. The molecule has 0 spiro atoms. The molecule has 1 heteroatoms. The van der Waals surface area contributed by atoms with E-state index in [2.05, 4.69) is 37.3 Å². The zero-order valence-corrected chi connectivity index (χ0v) is 16.6. The van der Waals surface area contributed by atoms with E-state index in [4.69, 9.17) is 4.74 Å². The molecule has 25 heavy (non-hydrogen) atoms. The fraction of sp³-hybridized carbons (Fsp3) is 0.750. The predicted octanol–water partition coefficient (Wildman–Crippen LogP) is 7.88. The first-order valence-corrected chi connectivity index (χ1v) is 11.1. The predicted molar refractivity (Wildman–Crippen MR) is 110 cm³/mol. The quantitative estimate of drug-likeness (QED) is 0.309. The molecule has 2 rings (SSSR count). The van der Waals surface area contributed by atoms with Gasteiger partial charge in [-0.15, -0.1) is 0 Å². The third-order valence-corrected chi connectivity index (χ3v) is 5.67. The molecule has 2 unspecified atom stereocenters. The summed E-state index contributed by atoms with van der Waals surface area (Å²) in [5.41, 5.74) is 0. The third kappa shape index (κ3) is 8.79. The molecule has 1 nitrogen and oxygen atoms in total. The largest absolute Gasteiger partial charge is 0.494 e. The van der Waals surface area contributed by atoms with E-state index in [1.165, 1.54) is 102 Å². The molecule has 0 amide bonds. The second-order valence-corrected chi connectivity index (χ2v) is 7.94. The van der Waals surface area contributed by atoms with Crippen LogP contribution in [0.5, 0.6) is 0 Å². The second-order valence-electron chi connectivity index (χ2n) is 7.94. The van der Waals surface area contributed by atoms with Gasteiger partial charge in [0.25, 0.3) is 0 Å². The van der Waals surface area contributed by atoms with Gasteiger partial charge in [-0.2, -0.15) is 0 Å². The monoisotopic (exact) mass is 344 g/mol. The van der Waals surface area contributed by atoms with Crippen molar-refractivity contribution in [2.24, 2.45) is 5.92 Å². The van der Waals surface area contributed by atoms with Crippen molar-refractivity contribution >= 4 is 0 Å². The lowest BCUT2D eigenvalue weighted by Gasteiger charge is -2.30. The fourth-order valence-electron chi connectivity index (χ4n) is 4.03. The number of hydrogen-bond acceptors (Lipinski definition) is 1. The number of unbranched alkanes of at least 4 members (excludes halogenated alkanes) is 11. The maximum absolute atomic E-state index is 6.23. The van der Waals surface area contributed by atoms with E-state index < -0.39 is 0 Å². The van der Waals surface area contributed by atoms with Crippen LogP contribution in [0.2, 0.25) is 0 Å². The van der Waals surface area contributed by atoms with Crippen molar-refractivity contribution in [3.8, 4) is 0 Å². The van der Waals surface area contributed by atoms with Crippen molar-refractivity contribution in [3.63, 3.8) is 0 Å². The summed E-state index contributed by atoms with van der Waals surface area (Å²) in [5.74, 6) is 1.72. The van der Waals surface area contributed by atoms with Gasteiger partial charge in [0.2, 0.25) is 0 Å². The lowest BCUT2D eigenvalue weighted by atomic mass is 9.93. The molecule has 0 saturated carbocycles. The lowest BCUT2D eigenvalue weighted by Crippen LogP contribution is -2.23. The van der Waals surface area contributed by atoms with Crippen molar-refractivity contribution in [2.75, 3.05) is 0 Å². The zero-order valence-electron chi connectivity index (χ0n) is 16.6. The Morgan fingerprint density at radius 3 is 2.08 bits per heavy atom. The van der Waals surface area contributed by atoms with Gasteiger partial charge >= 0.3 is 0 Å². The highest BCUT2D eigenvalue weighted by Gasteiger charge is 2.24. The molecule has 0 N–H and O–H groups in total. The van der Waals surface area contributed by atoms with Gasteiger partial charge in [0.15, 0.2) is 0 Å². The van der Waals surface area contributed by atoms with E-state index in [1.54, 1.807) is 0 Å². The third-order valence-electron chi connectivity index (χ3n) is 5.67. The van der Waals surface area contributed by atoms with E-state index in [9.17, 15) is 0 Å². The van der Waals surface area contributed by atoms with Gasteiger partial charge in [-0.1, -0.05) is 102 Å². The van der Waals surface area contributed by atoms with Gasteiger partial charge in [0.05, 0.1) is 6.10 Å². The molecule has 1 aliphatic heterocycles. The summed E-state index contributed by atoms with van der Waals surface area (Å²) >= 11 is 0. The molecule has 0 radical (unpaired) electrons. The molecular formula is C24H40O. The maximum Gasteiger partial charge on any atom is 0.103 e.